The maximum Gasteiger partial charge on any atom is 0.180 e. The van der Waals surface area contributed by atoms with Crippen molar-refractivity contribution in [1.82, 2.24) is 5.32 Å². The molecule has 0 aromatic heterocycles. The van der Waals surface area contributed by atoms with E-state index in [0.29, 0.717) is 28.2 Å². The fourth-order valence-corrected chi connectivity index (χ4v) is 3.52. The zero-order valence-corrected chi connectivity index (χ0v) is 19.6. The van der Waals surface area contributed by atoms with Gasteiger partial charge in [0.1, 0.15) is 6.61 Å². The van der Waals surface area contributed by atoms with Crippen LogP contribution in [-0.2, 0) is 13.2 Å². The molecule has 6 heteroatoms. The van der Waals surface area contributed by atoms with Gasteiger partial charge in [-0.25, -0.2) is 0 Å². The van der Waals surface area contributed by atoms with Crippen LogP contribution < -0.4 is 14.8 Å². The molecule has 2 aromatic rings. The lowest BCUT2D eigenvalue weighted by Gasteiger charge is -2.15. The summed E-state index contributed by atoms with van der Waals surface area (Å²) in [6.45, 7) is 4.35. The number of nitrogens with one attached hydrogen (secondary N) is 1. The highest BCUT2D eigenvalue weighted by Gasteiger charge is 2.13. The Morgan fingerprint density at radius 1 is 0.931 bits per heavy atom. The third kappa shape index (κ3) is 9.04. The fraction of sp³-hybridized carbons (Fsp3) is 0.478. The van der Waals surface area contributed by atoms with Crippen molar-refractivity contribution in [3.8, 4) is 11.5 Å². The second-order valence-electron chi connectivity index (χ2n) is 6.93. The second-order valence-corrected chi connectivity index (χ2v) is 7.75. The molecule has 0 heterocycles. The van der Waals surface area contributed by atoms with Crippen LogP contribution in [0.25, 0.3) is 0 Å². The molecule has 0 fully saturated rings. The summed E-state index contributed by atoms with van der Waals surface area (Å²) in [6, 6.07) is 11.5. The molecule has 0 radical (unpaired) electrons. The molecule has 0 aliphatic carbocycles. The van der Waals surface area contributed by atoms with Crippen molar-refractivity contribution < 1.29 is 9.47 Å². The first kappa shape index (κ1) is 25.9. The molecule has 2 rings (SSSR count). The van der Waals surface area contributed by atoms with Gasteiger partial charge in [0.25, 0.3) is 0 Å². The third-order valence-corrected chi connectivity index (χ3v) is 5.30. The molecule has 29 heavy (non-hydrogen) atoms. The summed E-state index contributed by atoms with van der Waals surface area (Å²) in [5.41, 5.74) is 1.99. The Kier molecular flexibility index (Phi) is 13.2. The first-order valence-corrected chi connectivity index (χ1v) is 10.8. The molecule has 0 aliphatic heterocycles. The lowest BCUT2D eigenvalue weighted by Crippen LogP contribution is -2.14. The van der Waals surface area contributed by atoms with Gasteiger partial charge >= 0.3 is 0 Å². The summed E-state index contributed by atoms with van der Waals surface area (Å²) in [6.07, 6.45) is 7.79. The van der Waals surface area contributed by atoms with E-state index in [2.05, 4.69) is 12.2 Å². The van der Waals surface area contributed by atoms with E-state index in [1.165, 1.54) is 38.5 Å². The molecule has 0 aliphatic rings. The topological polar surface area (TPSA) is 30.5 Å². The van der Waals surface area contributed by atoms with E-state index in [4.69, 9.17) is 32.7 Å². The van der Waals surface area contributed by atoms with Gasteiger partial charge in [-0.15, -0.1) is 12.4 Å². The first-order valence-electron chi connectivity index (χ1n) is 10.1. The number of methoxy groups -OCH3 is 1. The summed E-state index contributed by atoms with van der Waals surface area (Å²) in [4.78, 5) is 0. The molecular weight excluding hydrogens is 429 g/mol. The van der Waals surface area contributed by atoms with Gasteiger partial charge in [0.2, 0.25) is 0 Å². The van der Waals surface area contributed by atoms with Crippen molar-refractivity contribution >= 4 is 35.6 Å². The number of benzene rings is 2. The number of ether oxygens (including phenoxy) is 2. The van der Waals surface area contributed by atoms with E-state index in [1.54, 1.807) is 7.11 Å². The average molecular weight is 461 g/mol. The van der Waals surface area contributed by atoms with Crippen LogP contribution in [0.2, 0.25) is 10.0 Å². The highest BCUT2D eigenvalue weighted by atomic mass is 35.5. The molecule has 0 unspecified atom stereocenters. The molecule has 0 spiro atoms. The molecule has 3 nitrogen and oxygen atoms in total. The maximum atomic E-state index is 6.46. The van der Waals surface area contributed by atoms with Crippen LogP contribution in [0.4, 0.5) is 0 Å². The van der Waals surface area contributed by atoms with E-state index >= 15 is 0 Å². The minimum absolute atomic E-state index is 0. The number of hydrogen-bond donors (Lipinski definition) is 1. The number of unbranched alkanes of at least 4 members (excludes halogenated alkanes) is 5. The molecule has 0 saturated heterocycles. The van der Waals surface area contributed by atoms with Gasteiger partial charge in [-0.05, 0) is 36.7 Å². The van der Waals surface area contributed by atoms with E-state index in [1.807, 2.05) is 36.4 Å². The molecule has 2 aromatic carbocycles. The zero-order valence-electron chi connectivity index (χ0n) is 17.3. The maximum absolute atomic E-state index is 6.46. The van der Waals surface area contributed by atoms with Gasteiger partial charge in [0, 0.05) is 17.1 Å². The summed E-state index contributed by atoms with van der Waals surface area (Å²) >= 11 is 12.7. The fourth-order valence-electron chi connectivity index (χ4n) is 3.04. The predicted molar refractivity (Wildman–Crippen MR) is 126 cm³/mol. The molecular formula is C23H32Cl3NO2. The Balaban J connectivity index is 0.00000420. The normalized spacial score (nSPS) is 10.5. The van der Waals surface area contributed by atoms with Gasteiger partial charge < -0.3 is 14.8 Å². The van der Waals surface area contributed by atoms with E-state index in [-0.39, 0.29) is 12.4 Å². The Bertz CT molecular complexity index is 725. The van der Waals surface area contributed by atoms with Crippen molar-refractivity contribution in [1.29, 1.82) is 0 Å². The molecule has 0 saturated carbocycles. The molecule has 0 atom stereocenters. The third-order valence-electron chi connectivity index (χ3n) is 4.66. The van der Waals surface area contributed by atoms with Crippen molar-refractivity contribution in [2.75, 3.05) is 13.7 Å². The first-order chi connectivity index (χ1) is 13.7. The van der Waals surface area contributed by atoms with Crippen LogP contribution in [-0.4, -0.2) is 13.7 Å². The predicted octanol–water partition coefficient (Wildman–Crippen LogP) is 7.45. The highest BCUT2D eigenvalue weighted by molar-refractivity contribution is 6.32. The van der Waals surface area contributed by atoms with E-state index < -0.39 is 0 Å². The zero-order chi connectivity index (χ0) is 20.2. The van der Waals surface area contributed by atoms with Crippen molar-refractivity contribution in [2.45, 2.75) is 58.6 Å². The van der Waals surface area contributed by atoms with Gasteiger partial charge in [0.15, 0.2) is 11.5 Å². The molecule has 162 valence electrons. The van der Waals surface area contributed by atoms with Crippen molar-refractivity contribution in [2.24, 2.45) is 0 Å². The van der Waals surface area contributed by atoms with Gasteiger partial charge in [-0.2, -0.15) is 0 Å². The van der Waals surface area contributed by atoms with E-state index in [9.17, 15) is 0 Å². The minimum atomic E-state index is 0. The largest absolute Gasteiger partial charge is 0.493 e. The standard InChI is InChI=1S/C23H31Cl2NO2.ClH/c1-3-4-5-6-7-10-13-26-16-18-14-21(25)23(22(15-18)27-2)28-17-19-11-8-9-12-20(19)24;/h8-9,11-12,14-15,26H,3-7,10,13,16-17H2,1-2H3;1H. The van der Waals surface area contributed by atoms with Crippen molar-refractivity contribution in [3.05, 3.63) is 57.6 Å². The second kappa shape index (κ2) is 14.8. The Labute approximate surface area is 191 Å². The van der Waals surface area contributed by atoms with E-state index in [0.717, 1.165) is 24.2 Å². The summed E-state index contributed by atoms with van der Waals surface area (Å²) in [5, 5.41) is 4.70. The number of rotatable bonds is 13. The minimum Gasteiger partial charge on any atom is -0.493 e. The van der Waals surface area contributed by atoms with Crippen LogP contribution in [0.1, 0.15) is 56.6 Å². The van der Waals surface area contributed by atoms with Crippen LogP contribution in [0.5, 0.6) is 11.5 Å². The Morgan fingerprint density at radius 2 is 1.66 bits per heavy atom. The monoisotopic (exact) mass is 459 g/mol. The Hall–Kier alpha value is -1.13. The van der Waals surface area contributed by atoms with Crippen LogP contribution in [0.3, 0.4) is 0 Å². The summed E-state index contributed by atoms with van der Waals surface area (Å²) < 4.78 is 11.4. The van der Waals surface area contributed by atoms with Gasteiger partial charge in [-0.1, -0.05) is 80.4 Å². The summed E-state index contributed by atoms with van der Waals surface area (Å²) in [5.74, 6) is 1.18. The van der Waals surface area contributed by atoms with Gasteiger partial charge in [-0.3, -0.25) is 0 Å². The average Bonchev–Trinajstić information content (AvgIpc) is 2.70. The smallest absolute Gasteiger partial charge is 0.180 e. The lowest BCUT2D eigenvalue weighted by atomic mass is 10.1. The Morgan fingerprint density at radius 3 is 2.38 bits per heavy atom. The molecule has 1 N–H and O–H groups in total. The molecule has 0 amide bonds. The summed E-state index contributed by atoms with van der Waals surface area (Å²) in [7, 11) is 1.63. The van der Waals surface area contributed by atoms with Crippen LogP contribution in [0.15, 0.2) is 36.4 Å². The number of halogens is 3. The van der Waals surface area contributed by atoms with Crippen LogP contribution >= 0.6 is 35.6 Å². The van der Waals surface area contributed by atoms with Crippen LogP contribution in [0, 0.1) is 0 Å². The molecule has 0 bridgehead atoms. The highest BCUT2D eigenvalue weighted by Crippen LogP contribution is 2.37. The SMILES string of the molecule is CCCCCCCCNCc1cc(Cl)c(OCc2ccccc2Cl)c(OC)c1.Cl. The lowest BCUT2D eigenvalue weighted by molar-refractivity contribution is 0.284. The quantitative estimate of drug-likeness (QED) is 0.315. The van der Waals surface area contributed by atoms with Crippen molar-refractivity contribution in [3.63, 3.8) is 0 Å². The number of hydrogen-bond acceptors (Lipinski definition) is 3. The van der Waals surface area contributed by atoms with Gasteiger partial charge in [0.05, 0.1) is 12.1 Å².